The van der Waals surface area contributed by atoms with E-state index in [1.54, 1.807) is 0 Å². The van der Waals surface area contributed by atoms with Gasteiger partial charge in [-0.1, -0.05) is 28.0 Å². The van der Waals surface area contributed by atoms with Crippen LogP contribution in [-0.4, -0.2) is 73.0 Å². The van der Waals surface area contributed by atoms with Crippen LogP contribution >= 0.6 is 21.6 Å². The van der Waals surface area contributed by atoms with E-state index in [0.717, 1.165) is 0 Å². The lowest BCUT2D eigenvalue weighted by molar-refractivity contribution is 0.231. The van der Waals surface area contributed by atoms with Gasteiger partial charge in [-0.05, 0) is 66.5 Å². The Balaban J connectivity index is 1.50. The fraction of sp³-hybridized carbons (Fsp3) is 1.00. The summed E-state index contributed by atoms with van der Waals surface area (Å²) in [7, 11) is 10.4. The van der Waals surface area contributed by atoms with E-state index in [4.69, 9.17) is 0 Å². The van der Waals surface area contributed by atoms with Crippen LogP contribution in [0.5, 0.6) is 0 Å². The van der Waals surface area contributed by atoms with Gasteiger partial charge in [-0.2, -0.15) is 0 Å². The average Bonchev–Trinajstić information content (AvgIpc) is 3.09. The second kappa shape index (κ2) is 8.86. The van der Waals surface area contributed by atoms with Gasteiger partial charge in [-0.25, -0.2) is 0 Å². The second-order valence-corrected chi connectivity index (χ2v) is 8.55. The third-order valence-electron chi connectivity index (χ3n) is 4.08. The number of likely N-dealkylation sites (tertiary alicyclic amines) is 1. The Morgan fingerprint density at radius 3 is 2.35 bits per heavy atom. The monoisotopic (exact) mass is 318 g/mol. The molecule has 0 aromatic heterocycles. The summed E-state index contributed by atoms with van der Waals surface area (Å²) < 4.78 is 0. The van der Waals surface area contributed by atoms with Crippen molar-refractivity contribution in [3.63, 3.8) is 0 Å². The second-order valence-electron chi connectivity index (χ2n) is 6.12. The summed E-state index contributed by atoms with van der Waals surface area (Å²) in [5.74, 6) is 0. The van der Waals surface area contributed by atoms with E-state index in [-0.39, 0.29) is 0 Å². The van der Waals surface area contributed by atoms with Gasteiger partial charge in [0.15, 0.2) is 0 Å². The van der Waals surface area contributed by atoms with Crippen molar-refractivity contribution in [2.45, 2.75) is 43.1 Å². The molecule has 0 aromatic rings. The van der Waals surface area contributed by atoms with Crippen molar-refractivity contribution in [1.29, 1.82) is 0 Å². The van der Waals surface area contributed by atoms with Crippen molar-refractivity contribution in [1.82, 2.24) is 20.0 Å². The molecule has 118 valence electrons. The zero-order valence-corrected chi connectivity index (χ0v) is 14.8. The minimum atomic E-state index is 0.447. The van der Waals surface area contributed by atoms with E-state index < -0.39 is 0 Å². The van der Waals surface area contributed by atoms with Crippen LogP contribution in [0.2, 0.25) is 0 Å². The molecule has 2 heterocycles. The SMILES string of the molecule is CN(C)C1NC(N(C)CCCCCN2CCCC2)SS1. The number of unbranched alkanes of at least 4 members (excludes halogenated alkanes) is 2. The summed E-state index contributed by atoms with van der Waals surface area (Å²) in [5.41, 5.74) is 0.911. The Labute approximate surface area is 132 Å². The predicted molar refractivity (Wildman–Crippen MR) is 91.7 cm³/mol. The molecule has 0 amide bonds. The normalized spacial score (nSPS) is 28.1. The maximum atomic E-state index is 3.65. The van der Waals surface area contributed by atoms with E-state index in [1.165, 1.54) is 58.3 Å². The highest BCUT2D eigenvalue weighted by Gasteiger charge is 2.29. The summed E-state index contributed by atoms with van der Waals surface area (Å²) in [6, 6.07) is 0. The van der Waals surface area contributed by atoms with Crippen LogP contribution in [0.3, 0.4) is 0 Å². The van der Waals surface area contributed by atoms with Gasteiger partial charge in [0.25, 0.3) is 0 Å². The van der Waals surface area contributed by atoms with Crippen LogP contribution in [0.15, 0.2) is 0 Å². The third-order valence-corrected chi connectivity index (χ3v) is 7.03. The predicted octanol–water partition coefficient (Wildman–Crippen LogP) is 2.30. The van der Waals surface area contributed by atoms with Crippen LogP contribution in [0.1, 0.15) is 32.1 Å². The molecule has 20 heavy (non-hydrogen) atoms. The quantitative estimate of drug-likeness (QED) is 0.544. The molecule has 2 unspecified atom stereocenters. The molecule has 0 aromatic carbocycles. The molecule has 6 heteroatoms. The standard InChI is InChI=1S/C14H30N4S2/c1-16(2)13-15-14(20-19-13)17(3)9-5-4-6-10-18-11-7-8-12-18/h13-15H,4-12H2,1-3H3. The average molecular weight is 319 g/mol. The molecular formula is C14H30N4S2. The maximum absolute atomic E-state index is 3.65. The van der Waals surface area contributed by atoms with Gasteiger partial charge in [-0.3, -0.25) is 15.1 Å². The first kappa shape index (κ1) is 16.9. The molecule has 0 saturated carbocycles. The summed E-state index contributed by atoms with van der Waals surface area (Å²) >= 11 is 0. The number of nitrogens with one attached hydrogen (secondary N) is 1. The van der Waals surface area contributed by atoms with Crippen molar-refractivity contribution in [3.05, 3.63) is 0 Å². The van der Waals surface area contributed by atoms with Crippen molar-refractivity contribution < 1.29 is 0 Å². The zero-order valence-electron chi connectivity index (χ0n) is 13.2. The molecule has 2 fully saturated rings. The molecule has 0 spiro atoms. The van der Waals surface area contributed by atoms with Crippen LogP contribution in [0.25, 0.3) is 0 Å². The fourth-order valence-electron chi connectivity index (χ4n) is 2.72. The summed E-state index contributed by atoms with van der Waals surface area (Å²) in [5, 5.41) is 3.65. The molecule has 2 rings (SSSR count). The van der Waals surface area contributed by atoms with Gasteiger partial charge in [0.05, 0.1) is 0 Å². The lowest BCUT2D eigenvalue weighted by Gasteiger charge is -2.25. The lowest BCUT2D eigenvalue weighted by Crippen LogP contribution is -2.45. The molecule has 0 aliphatic carbocycles. The van der Waals surface area contributed by atoms with Crippen LogP contribution in [-0.2, 0) is 0 Å². The van der Waals surface area contributed by atoms with Gasteiger partial charge >= 0.3 is 0 Å². The Morgan fingerprint density at radius 1 is 1.00 bits per heavy atom. The highest BCUT2D eigenvalue weighted by molar-refractivity contribution is 8.77. The van der Waals surface area contributed by atoms with E-state index in [0.29, 0.717) is 11.0 Å². The van der Waals surface area contributed by atoms with E-state index in [2.05, 4.69) is 41.2 Å². The molecule has 4 nitrogen and oxygen atoms in total. The first-order valence-electron chi connectivity index (χ1n) is 7.84. The largest absolute Gasteiger partial charge is 0.303 e. The number of rotatable bonds is 8. The van der Waals surface area contributed by atoms with Crippen molar-refractivity contribution in [2.75, 3.05) is 47.3 Å². The smallest absolute Gasteiger partial charge is 0.120 e. The highest BCUT2D eigenvalue weighted by Crippen LogP contribution is 2.38. The van der Waals surface area contributed by atoms with Gasteiger partial charge in [-0.15, -0.1) is 0 Å². The van der Waals surface area contributed by atoms with E-state index in [1.807, 2.05) is 21.6 Å². The number of nitrogens with zero attached hydrogens (tertiary/aromatic N) is 3. The molecule has 2 atom stereocenters. The summed E-state index contributed by atoms with van der Waals surface area (Å²) in [6.45, 7) is 5.20. The Bertz CT molecular complexity index is 272. The summed E-state index contributed by atoms with van der Waals surface area (Å²) in [4.78, 5) is 7.31. The van der Waals surface area contributed by atoms with E-state index >= 15 is 0 Å². The lowest BCUT2D eigenvalue weighted by atomic mass is 10.2. The van der Waals surface area contributed by atoms with Gasteiger partial charge in [0.1, 0.15) is 11.0 Å². The molecule has 2 saturated heterocycles. The topological polar surface area (TPSA) is 21.8 Å². The molecule has 0 radical (unpaired) electrons. The van der Waals surface area contributed by atoms with Crippen LogP contribution < -0.4 is 5.32 Å². The first-order valence-corrected chi connectivity index (χ1v) is 10.1. The van der Waals surface area contributed by atoms with Crippen LogP contribution in [0.4, 0.5) is 0 Å². The molecular weight excluding hydrogens is 288 g/mol. The van der Waals surface area contributed by atoms with Gasteiger partial charge in [0, 0.05) is 6.54 Å². The molecule has 0 bridgehead atoms. The van der Waals surface area contributed by atoms with Gasteiger partial charge in [0.2, 0.25) is 0 Å². The Kier molecular flexibility index (Phi) is 7.48. The molecule has 2 aliphatic heterocycles. The summed E-state index contributed by atoms with van der Waals surface area (Å²) in [6.07, 6.45) is 6.88. The molecule has 2 aliphatic rings. The van der Waals surface area contributed by atoms with Crippen molar-refractivity contribution in [3.8, 4) is 0 Å². The van der Waals surface area contributed by atoms with E-state index in [9.17, 15) is 0 Å². The zero-order chi connectivity index (χ0) is 14.4. The Hall–Kier alpha value is 0.540. The Morgan fingerprint density at radius 2 is 1.70 bits per heavy atom. The molecule has 1 N–H and O–H groups in total. The van der Waals surface area contributed by atoms with Gasteiger partial charge < -0.3 is 4.90 Å². The fourth-order valence-corrected chi connectivity index (χ4v) is 5.73. The van der Waals surface area contributed by atoms with Crippen molar-refractivity contribution in [2.24, 2.45) is 0 Å². The first-order chi connectivity index (χ1) is 9.66. The highest BCUT2D eigenvalue weighted by atomic mass is 33.1. The van der Waals surface area contributed by atoms with Crippen LogP contribution in [0, 0.1) is 0 Å². The van der Waals surface area contributed by atoms with Crippen molar-refractivity contribution >= 4 is 21.6 Å². The maximum Gasteiger partial charge on any atom is 0.120 e. The number of hydrogen-bond acceptors (Lipinski definition) is 6. The minimum absolute atomic E-state index is 0.447. The third kappa shape index (κ3) is 5.39. The minimum Gasteiger partial charge on any atom is -0.303 e. The number of hydrogen-bond donors (Lipinski definition) is 1.